The van der Waals surface area contributed by atoms with Crippen LogP contribution in [0.2, 0.25) is 0 Å². The van der Waals surface area contributed by atoms with E-state index in [9.17, 15) is 0 Å². The molecule has 0 fully saturated rings. The Kier molecular flexibility index (Phi) is 2.33. The van der Waals surface area contributed by atoms with Crippen molar-refractivity contribution >= 4 is 17.0 Å². The van der Waals surface area contributed by atoms with E-state index in [1.807, 2.05) is 41.0 Å². The second kappa shape index (κ2) is 3.97. The zero-order valence-corrected chi connectivity index (χ0v) is 9.34. The third-order valence-electron chi connectivity index (χ3n) is 2.85. The topological polar surface area (TPSA) is 57.0 Å². The molecule has 4 heteroatoms. The largest absolute Gasteiger partial charge is 0.469 e. The molecule has 0 aliphatic heterocycles. The highest BCUT2D eigenvalue weighted by molar-refractivity contribution is 5.78. The highest BCUT2D eigenvalue weighted by atomic mass is 16.3. The van der Waals surface area contributed by atoms with E-state index in [1.54, 1.807) is 6.26 Å². The summed E-state index contributed by atoms with van der Waals surface area (Å²) >= 11 is 0. The van der Waals surface area contributed by atoms with Crippen LogP contribution in [0.5, 0.6) is 0 Å². The van der Waals surface area contributed by atoms with E-state index in [0.717, 1.165) is 29.8 Å². The number of benzene rings is 1. The minimum atomic E-state index is 0.553. The van der Waals surface area contributed by atoms with Crippen molar-refractivity contribution in [3.8, 4) is 0 Å². The lowest BCUT2D eigenvalue weighted by Crippen LogP contribution is -2.05. The molecular formula is C13H13N3O. The summed E-state index contributed by atoms with van der Waals surface area (Å²) in [5.41, 5.74) is 7.91. The normalized spacial score (nSPS) is 11.1. The summed E-state index contributed by atoms with van der Waals surface area (Å²) in [7, 11) is 0. The van der Waals surface area contributed by atoms with Gasteiger partial charge in [0, 0.05) is 13.0 Å². The standard InChI is InChI=1S/C13H13N3O/c14-13-15-11-5-1-2-6-12(11)16(13)8-7-10-4-3-9-17-10/h1-6,9H,7-8H2,(H2,14,15). The number of nitrogens with two attached hydrogens (primary N) is 1. The molecule has 2 N–H and O–H groups in total. The minimum absolute atomic E-state index is 0.553. The first-order valence-electron chi connectivity index (χ1n) is 5.58. The quantitative estimate of drug-likeness (QED) is 0.747. The first kappa shape index (κ1) is 9.96. The molecule has 0 bridgehead atoms. The molecule has 2 heterocycles. The molecule has 0 aliphatic carbocycles. The molecule has 0 unspecified atom stereocenters. The fourth-order valence-electron chi connectivity index (χ4n) is 2.01. The van der Waals surface area contributed by atoms with E-state index in [4.69, 9.17) is 10.2 Å². The van der Waals surface area contributed by atoms with E-state index in [0.29, 0.717) is 5.95 Å². The maximum atomic E-state index is 5.91. The molecule has 4 nitrogen and oxygen atoms in total. The van der Waals surface area contributed by atoms with Gasteiger partial charge < -0.3 is 14.7 Å². The van der Waals surface area contributed by atoms with E-state index < -0.39 is 0 Å². The Bertz CT molecular complexity index is 625. The van der Waals surface area contributed by atoms with Gasteiger partial charge in [0.1, 0.15) is 5.76 Å². The summed E-state index contributed by atoms with van der Waals surface area (Å²) in [4.78, 5) is 4.32. The van der Waals surface area contributed by atoms with Gasteiger partial charge in [0.15, 0.2) is 0 Å². The molecule has 0 atom stereocenters. The number of fused-ring (bicyclic) bond motifs is 1. The lowest BCUT2D eigenvalue weighted by atomic mass is 10.3. The van der Waals surface area contributed by atoms with Gasteiger partial charge in [0.25, 0.3) is 0 Å². The van der Waals surface area contributed by atoms with Crippen LogP contribution in [0.4, 0.5) is 5.95 Å². The predicted octanol–water partition coefficient (Wildman–Crippen LogP) is 2.45. The van der Waals surface area contributed by atoms with Gasteiger partial charge >= 0.3 is 0 Å². The van der Waals surface area contributed by atoms with Gasteiger partial charge in [-0.3, -0.25) is 0 Å². The minimum Gasteiger partial charge on any atom is -0.469 e. The van der Waals surface area contributed by atoms with E-state index in [1.165, 1.54) is 0 Å². The fraction of sp³-hybridized carbons (Fsp3) is 0.154. The van der Waals surface area contributed by atoms with Gasteiger partial charge in [-0.25, -0.2) is 4.98 Å². The number of anilines is 1. The molecule has 86 valence electrons. The van der Waals surface area contributed by atoms with Crippen LogP contribution in [0, 0.1) is 0 Å². The molecule has 17 heavy (non-hydrogen) atoms. The number of rotatable bonds is 3. The Labute approximate surface area is 98.7 Å². The van der Waals surface area contributed by atoms with Gasteiger partial charge in [0.2, 0.25) is 5.95 Å². The molecule has 0 saturated carbocycles. The number of para-hydroxylation sites is 2. The molecule has 2 aromatic heterocycles. The first-order valence-corrected chi connectivity index (χ1v) is 5.58. The smallest absolute Gasteiger partial charge is 0.201 e. The number of aromatic nitrogens is 2. The first-order chi connectivity index (χ1) is 8.34. The molecule has 0 radical (unpaired) electrons. The average Bonchev–Trinajstić information content (AvgIpc) is 2.93. The van der Waals surface area contributed by atoms with E-state index >= 15 is 0 Å². The second-order valence-corrected chi connectivity index (χ2v) is 3.94. The lowest BCUT2D eigenvalue weighted by molar-refractivity contribution is 0.494. The molecule has 0 amide bonds. The molecule has 0 aliphatic rings. The number of furan rings is 1. The summed E-state index contributed by atoms with van der Waals surface area (Å²) in [6.07, 6.45) is 2.50. The number of nitrogen functional groups attached to an aromatic ring is 1. The zero-order valence-electron chi connectivity index (χ0n) is 9.34. The third kappa shape index (κ3) is 1.78. The highest BCUT2D eigenvalue weighted by Gasteiger charge is 2.07. The summed E-state index contributed by atoms with van der Waals surface area (Å²) in [5.74, 6) is 1.51. The molecule has 1 aromatic carbocycles. The van der Waals surface area contributed by atoms with Crippen molar-refractivity contribution in [3.63, 3.8) is 0 Å². The number of aryl methyl sites for hydroxylation is 2. The van der Waals surface area contributed by atoms with Gasteiger partial charge in [-0.05, 0) is 24.3 Å². The van der Waals surface area contributed by atoms with E-state index in [2.05, 4.69) is 4.98 Å². The monoisotopic (exact) mass is 227 g/mol. The Morgan fingerprint density at radius 2 is 2.06 bits per heavy atom. The molecule has 3 aromatic rings. The summed E-state index contributed by atoms with van der Waals surface area (Å²) < 4.78 is 7.32. The summed E-state index contributed by atoms with van der Waals surface area (Å²) in [6, 6.07) is 11.8. The number of nitrogens with zero attached hydrogens (tertiary/aromatic N) is 2. The van der Waals surface area contributed by atoms with Crippen LogP contribution >= 0.6 is 0 Å². The van der Waals surface area contributed by atoms with Crippen LogP contribution in [0.15, 0.2) is 47.1 Å². The maximum Gasteiger partial charge on any atom is 0.201 e. The van der Waals surface area contributed by atoms with Crippen molar-refractivity contribution in [3.05, 3.63) is 48.4 Å². The highest BCUT2D eigenvalue weighted by Crippen LogP contribution is 2.18. The van der Waals surface area contributed by atoms with Crippen LogP contribution < -0.4 is 5.73 Å². The fourth-order valence-corrected chi connectivity index (χ4v) is 2.01. The Balaban J connectivity index is 1.92. The van der Waals surface area contributed by atoms with Crippen molar-refractivity contribution in [2.45, 2.75) is 13.0 Å². The third-order valence-corrected chi connectivity index (χ3v) is 2.85. The molecule has 0 saturated heterocycles. The van der Waals surface area contributed by atoms with Crippen LogP contribution in [0.25, 0.3) is 11.0 Å². The average molecular weight is 227 g/mol. The SMILES string of the molecule is Nc1nc2ccccc2n1CCc1ccco1. The van der Waals surface area contributed by atoms with Crippen LogP contribution in [0.1, 0.15) is 5.76 Å². The maximum absolute atomic E-state index is 5.91. The van der Waals surface area contributed by atoms with Crippen LogP contribution in [0.3, 0.4) is 0 Å². The van der Waals surface area contributed by atoms with Crippen molar-refractivity contribution in [2.75, 3.05) is 5.73 Å². The zero-order chi connectivity index (χ0) is 11.7. The summed E-state index contributed by atoms with van der Waals surface area (Å²) in [5, 5.41) is 0. The Hall–Kier alpha value is -2.23. The van der Waals surface area contributed by atoms with E-state index in [-0.39, 0.29) is 0 Å². The lowest BCUT2D eigenvalue weighted by Gasteiger charge is -2.04. The van der Waals surface area contributed by atoms with Gasteiger partial charge in [-0.1, -0.05) is 12.1 Å². The van der Waals surface area contributed by atoms with Crippen molar-refractivity contribution in [2.24, 2.45) is 0 Å². The van der Waals surface area contributed by atoms with Crippen molar-refractivity contribution in [1.29, 1.82) is 0 Å². The second-order valence-electron chi connectivity index (χ2n) is 3.94. The molecular weight excluding hydrogens is 214 g/mol. The van der Waals surface area contributed by atoms with Crippen LogP contribution in [-0.4, -0.2) is 9.55 Å². The van der Waals surface area contributed by atoms with Gasteiger partial charge in [0.05, 0.1) is 17.3 Å². The van der Waals surface area contributed by atoms with Crippen LogP contribution in [-0.2, 0) is 13.0 Å². The van der Waals surface area contributed by atoms with Gasteiger partial charge in [-0.2, -0.15) is 0 Å². The van der Waals surface area contributed by atoms with Crippen molar-refractivity contribution < 1.29 is 4.42 Å². The Morgan fingerprint density at radius 1 is 1.18 bits per heavy atom. The van der Waals surface area contributed by atoms with Gasteiger partial charge in [-0.15, -0.1) is 0 Å². The molecule has 0 spiro atoms. The summed E-state index contributed by atoms with van der Waals surface area (Å²) in [6.45, 7) is 0.778. The number of imidazole rings is 1. The molecule has 3 rings (SSSR count). The Morgan fingerprint density at radius 3 is 2.88 bits per heavy atom. The van der Waals surface area contributed by atoms with Crippen molar-refractivity contribution in [1.82, 2.24) is 9.55 Å². The number of hydrogen-bond acceptors (Lipinski definition) is 3. The predicted molar refractivity (Wildman–Crippen MR) is 66.6 cm³/mol. The number of hydrogen-bond donors (Lipinski definition) is 1.